The van der Waals surface area contributed by atoms with Crippen molar-refractivity contribution in [3.05, 3.63) is 59.6 Å². The molecule has 0 radical (unpaired) electrons. The van der Waals surface area contributed by atoms with Gasteiger partial charge in [-0.3, -0.25) is 10.1 Å². The number of imide groups is 1. The molecule has 0 spiro atoms. The Balaban J connectivity index is 1.49. The number of nitrogens with one attached hydrogen (secondary N) is 2. The third-order valence-corrected chi connectivity index (χ3v) is 4.28. The number of aromatic nitrogens is 2. The van der Waals surface area contributed by atoms with Gasteiger partial charge in [0.25, 0.3) is 5.22 Å². The Labute approximate surface area is 158 Å². The van der Waals surface area contributed by atoms with Gasteiger partial charge in [0.1, 0.15) is 0 Å². The second-order valence-corrected chi connectivity index (χ2v) is 6.34. The number of halogens is 1. The number of rotatable bonds is 5. The molecule has 2 aromatic carbocycles. The van der Waals surface area contributed by atoms with Gasteiger partial charge in [-0.25, -0.2) is 4.79 Å². The smallest absolute Gasteiger partial charge is 0.325 e. The summed E-state index contributed by atoms with van der Waals surface area (Å²) in [6.07, 6.45) is 0. The van der Waals surface area contributed by atoms with E-state index in [1.54, 1.807) is 24.3 Å². The number of amides is 3. The number of carbonyl (C=O) groups excluding carboxylic acids is 2. The van der Waals surface area contributed by atoms with Gasteiger partial charge in [0.2, 0.25) is 11.8 Å². The van der Waals surface area contributed by atoms with Gasteiger partial charge in [0.15, 0.2) is 0 Å². The van der Waals surface area contributed by atoms with Gasteiger partial charge < -0.3 is 9.73 Å². The number of thioether (sulfide) groups is 1. The summed E-state index contributed by atoms with van der Waals surface area (Å²) in [5, 5.41) is 13.1. The van der Waals surface area contributed by atoms with Crippen molar-refractivity contribution in [1.82, 2.24) is 15.5 Å². The largest absolute Gasteiger partial charge is 0.411 e. The molecule has 0 fully saturated rings. The average Bonchev–Trinajstić information content (AvgIpc) is 3.12. The molecule has 132 valence electrons. The van der Waals surface area contributed by atoms with Crippen molar-refractivity contribution in [1.29, 1.82) is 0 Å². The van der Waals surface area contributed by atoms with E-state index >= 15 is 0 Å². The molecule has 7 nitrogen and oxygen atoms in total. The van der Waals surface area contributed by atoms with Crippen molar-refractivity contribution in [2.45, 2.75) is 5.22 Å². The molecule has 0 unspecified atom stereocenters. The lowest BCUT2D eigenvalue weighted by Crippen LogP contribution is -2.35. The van der Waals surface area contributed by atoms with E-state index < -0.39 is 11.9 Å². The molecule has 0 saturated carbocycles. The summed E-state index contributed by atoms with van der Waals surface area (Å²) in [5.41, 5.74) is 1.20. The first-order valence-corrected chi connectivity index (χ1v) is 8.85. The van der Waals surface area contributed by atoms with Crippen LogP contribution in [-0.4, -0.2) is 27.9 Å². The van der Waals surface area contributed by atoms with Crippen LogP contribution in [-0.2, 0) is 4.79 Å². The number of carbonyl (C=O) groups is 2. The van der Waals surface area contributed by atoms with Gasteiger partial charge in [0.05, 0.1) is 16.5 Å². The number of nitrogens with zero attached hydrogens (tertiary/aromatic N) is 2. The second kappa shape index (κ2) is 8.50. The van der Waals surface area contributed by atoms with E-state index in [9.17, 15) is 9.59 Å². The summed E-state index contributed by atoms with van der Waals surface area (Å²) in [5.74, 6) is -0.184. The van der Waals surface area contributed by atoms with Crippen LogP contribution in [0.25, 0.3) is 11.5 Å². The van der Waals surface area contributed by atoms with Gasteiger partial charge in [-0.2, -0.15) is 0 Å². The summed E-state index contributed by atoms with van der Waals surface area (Å²) in [6, 6.07) is 15.3. The zero-order valence-electron chi connectivity index (χ0n) is 13.3. The SMILES string of the molecule is O=C(CSc1nnc(-c2ccccc2)o1)NC(=O)Nc1ccccc1Cl. The normalized spacial score (nSPS) is 10.3. The minimum Gasteiger partial charge on any atom is -0.411 e. The van der Waals surface area contributed by atoms with Crippen LogP contribution in [0.1, 0.15) is 0 Å². The lowest BCUT2D eigenvalue weighted by atomic mass is 10.2. The predicted molar refractivity (Wildman–Crippen MR) is 99.1 cm³/mol. The minimum absolute atomic E-state index is 0.0492. The molecule has 9 heteroatoms. The summed E-state index contributed by atoms with van der Waals surface area (Å²) in [6.45, 7) is 0. The average molecular weight is 389 g/mol. The Hall–Kier alpha value is -2.84. The van der Waals surface area contributed by atoms with Crippen molar-refractivity contribution in [3.63, 3.8) is 0 Å². The van der Waals surface area contributed by atoms with Crippen molar-refractivity contribution < 1.29 is 14.0 Å². The van der Waals surface area contributed by atoms with Crippen LogP contribution < -0.4 is 10.6 Å². The maximum Gasteiger partial charge on any atom is 0.325 e. The summed E-state index contributed by atoms with van der Waals surface area (Å²) in [4.78, 5) is 23.7. The van der Waals surface area contributed by atoms with E-state index in [4.69, 9.17) is 16.0 Å². The zero-order valence-corrected chi connectivity index (χ0v) is 14.9. The fraction of sp³-hybridized carbons (Fsp3) is 0.0588. The summed E-state index contributed by atoms with van der Waals surface area (Å²) in [7, 11) is 0. The van der Waals surface area contributed by atoms with Crippen molar-refractivity contribution in [3.8, 4) is 11.5 Å². The van der Waals surface area contributed by atoms with Crippen LogP contribution >= 0.6 is 23.4 Å². The monoisotopic (exact) mass is 388 g/mol. The van der Waals surface area contributed by atoms with Crippen LogP contribution in [0.15, 0.2) is 64.2 Å². The van der Waals surface area contributed by atoms with Gasteiger partial charge in [-0.1, -0.05) is 53.7 Å². The second-order valence-electron chi connectivity index (χ2n) is 5.01. The third kappa shape index (κ3) is 4.84. The Morgan fingerprint density at radius 3 is 2.54 bits per heavy atom. The maximum atomic E-state index is 11.9. The fourth-order valence-corrected chi connectivity index (χ4v) is 2.72. The van der Waals surface area contributed by atoms with Crippen molar-refractivity contribution >= 4 is 41.0 Å². The van der Waals surface area contributed by atoms with Crippen LogP contribution in [0.4, 0.5) is 10.5 Å². The highest BCUT2D eigenvalue weighted by Crippen LogP contribution is 2.23. The van der Waals surface area contributed by atoms with Crippen LogP contribution in [0.2, 0.25) is 5.02 Å². The van der Waals surface area contributed by atoms with Gasteiger partial charge in [-0.15, -0.1) is 10.2 Å². The highest BCUT2D eigenvalue weighted by atomic mass is 35.5. The molecule has 3 amide bonds. The molecule has 0 aliphatic carbocycles. The minimum atomic E-state index is -0.667. The zero-order chi connectivity index (χ0) is 18.4. The van der Waals surface area contributed by atoms with Crippen molar-refractivity contribution in [2.24, 2.45) is 0 Å². The molecule has 26 heavy (non-hydrogen) atoms. The lowest BCUT2D eigenvalue weighted by Gasteiger charge is -2.07. The molecular weight excluding hydrogens is 376 g/mol. The molecule has 3 aromatic rings. The van der Waals surface area contributed by atoms with Gasteiger partial charge >= 0.3 is 6.03 Å². The van der Waals surface area contributed by atoms with E-state index in [1.165, 1.54) is 0 Å². The molecule has 0 bridgehead atoms. The number of para-hydroxylation sites is 1. The highest BCUT2D eigenvalue weighted by molar-refractivity contribution is 7.99. The third-order valence-electron chi connectivity index (χ3n) is 3.13. The molecule has 1 heterocycles. The molecule has 0 aliphatic rings. The Morgan fingerprint density at radius 1 is 1.04 bits per heavy atom. The molecule has 0 aliphatic heterocycles. The first-order chi connectivity index (χ1) is 12.6. The molecule has 0 saturated heterocycles. The summed E-state index contributed by atoms with van der Waals surface area (Å²) < 4.78 is 5.48. The van der Waals surface area contributed by atoms with E-state index in [0.717, 1.165) is 17.3 Å². The molecule has 0 atom stereocenters. The van der Waals surface area contributed by atoms with E-state index in [0.29, 0.717) is 16.6 Å². The molecule has 3 rings (SSSR count). The fourth-order valence-electron chi connectivity index (χ4n) is 1.97. The first kappa shape index (κ1) is 18.0. The van der Waals surface area contributed by atoms with E-state index in [2.05, 4.69) is 20.8 Å². The quantitative estimate of drug-likeness (QED) is 0.645. The van der Waals surface area contributed by atoms with E-state index in [-0.39, 0.29) is 11.0 Å². The summed E-state index contributed by atoms with van der Waals surface area (Å²) >= 11 is 6.98. The number of hydrogen-bond acceptors (Lipinski definition) is 6. The number of urea groups is 1. The van der Waals surface area contributed by atoms with Crippen molar-refractivity contribution in [2.75, 3.05) is 11.1 Å². The standard InChI is InChI=1S/C17H13ClN4O3S/c18-12-8-4-5-9-13(12)19-16(24)20-14(23)10-26-17-22-21-15(25-17)11-6-2-1-3-7-11/h1-9H,10H2,(H2,19,20,23,24). The number of hydrogen-bond donors (Lipinski definition) is 2. The Morgan fingerprint density at radius 2 is 1.77 bits per heavy atom. The molecule has 2 N–H and O–H groups in total. The van der Waals surface area contributed by atoms with Crippen LogP contribution in [0, 0.1) is 0 Å². The van der Waals surface area contributed by atoms with Crippen LogP contribution in [0.3, 0.4) is 0 Å². The number of benzene rings is 2. The van der Waals surface area contributed by atoms with Crippen LogP contribution in [0.5, 0.6) is 0 Å². The highest BCUT2D eigenvalue weighted by Gasteiger charge is 2.13. The van der Waals surface area contributed by atoms with E-state index in [1.807, 2.05) is 30.3 Å². The predicted octanol–water partition coefficient (Wildman–Crippen LogP) is 3.83. The first-order valence-electron chi connectivity index (χ1n) is 7.49. The number of anilines is 1. The van der Waals surface area contributed by atoms with Gasteiger partial charge in [-0.05, 0) is 24.3 Å². The molecular formula is C17H13ClN4O3S. The lowest BCUT2D eigenvalue weighted by molar-refractivity contribution is -0.117. The topological polar surface area (TPSA) is 97.1 Å². The van der Waals surface area contributed by atoms with Gasteiger partial charge in [0, 0.05) is 5.56 Å². The Kier molecular flexibility index (Phi) is 5.88. The maximum absolute atomic E-state index is 11.9. The molecule has 1 aromatic heterocycles. The Bertz CT molecular complexity index is 917.